The molecule has 0 amide bonds. The van der Waals surface area contributed by atoms with E-state index in [9.17, 15) is 8.42 Å². The highest BCUT2D eigenvalue weighted by molar-refractivity contribution is 7.94. The topological polar surface area (TPSA) is 97.7 Å². The van der Waals surface area contributed by atoms with E-state index in [0.717, 1.165) is 11.3 Å². The van der Waals surface area contributed by atoms with Gasteiger partial charge in [-0.1, -0.05) is 11.6 Å². The van der Waals surface area contributed by atoms with E-state index in [1.165, 1.54) is 5.38 Å². The summed E-state index contributed by atoms with van der Waals surface area (Å²) in [6.45, 7) is 3.29. The molecular weight excluding hydrogens is 298 g/mol. The van der Waals surface area contributed by atoms with E-state index in [2.05, 4.69) is 24.7 Å². The SMILES string of the molecule is Cc1nc(C)nc(NS(=O)(=O)c2nc(Cl)cs2)n1. The van der Waals surface area contributed by atoms with Crippen LogP contribution in [0.2, 0.25) is 5.15 Å². The average Bonchev–Trinajstić information content (AvgIpc) is 2.62. The van der Waals surface area contributed by atoms with Crippen LogP contribution in [0.1, 0.15) is 11.6 Å². The summed E-state index contributed by atoms with van der Waals surface area (Å²) in [5, 5.41) is 1.56. The quantitative estimate of drug-likeness (QED) is 0.920. The number of sulfonamides is 1. The number of hydrogen-bond acceptors (Lipinski definition) is 7. The molecule has 0 aromatic carbocycles. The molecule has 0 fully saturated rings. The van der Waals surface area contributed by atoms with E-state index in [1.54, 1.807) is 13.8 Å². The Morgan fingerprint density at radius 2 is 1.78 bits per heavy atom. The van der Waals surface area contributed by atoms with Crippen molar-refractivity contribution >= 4 is 38.9 Å². The maximum Gasteiger partial charge on any atom is 0.291 e. The van der Waals surface area contributed by atoms with Crippen LogP contribution in [-0.2, 0) is 10.0 Å². The first-order valence-corrected chi connectivity index (χ1v) is 7.44. The molecule has 2 rings (SSSR count). The molecule has 2 aromatic heterocycles. The number of aromatic nitrogens is 4. The molecule has 0 bridgehead atoms. The third-order valence-electron chi connectivity index (χ3n) is 1.77. The Morgan fingerprint density at radius 1 is 1.17 bits per heavy atom. The summed E-state index contributed by atoms with van der Waals surface area (Å²) in [4.78, 5) is 15.4. The number of thiazole rings is 1. The average molecular weight is 306 g/mol. The summed E-state index contributed by atoms with van der Waals surface area (Å²) in [6, 6.07) is 0. The lowest BCUT2D eigenvalue weighted by atomic mass is 10.6. The fraction of sp³-hybridized carbons (Fsp3) is 0.250. The van der Waals surface area contributed by atoms with Gasteiger partial charge in [0.2, 0.25) is 10.3 Å². The number of aryl methyl sites for hydroxylation is 2. The van der Waals surface area contributed by atoms with Gasteiger partial charge >= 0.3 is 0 Å². The molecule has 0 aliphatic rings. The molecule has 0 aliphatic carbocycles. The van der Waals surface area contributed by atoms with Crippen molar-refractivity contribution in [3.05, 3.63) is 22.2 Å². The van der Waals surface area contributed by atoms with Crippen LogP contribution in [0.25, 0.3) is 0 Å². The second-order valence-electron chi connectivity index (χ2n) is 3.30. The van der Waals surface area contributed by atoms with Crippen LogP contribution in [0, 0.1) is 13.8 Å². The molecule has 0 spiro atoms. The first-order chi connectivity index (χ1) is 8.37. The summed E-state index contributed by atoms with van der Waals surface area (Å²) >= 11 is 6.51. The zero-order valence-corrected chi connectivity index (χ0v) is 11.8. The lowest BCUT2D eigenvalue weighted by Crippen LogP contribution is -2.16. The Hall–Kier alpha value is -1.32. The summed E-state index contributed by atoms with van der Waals surface area (Å²) < 4.78 is 25.9. The standard InChI is InChI=1S/C8H8ClN5O2S2/c1-4-10-5(2)12-7(11-4)14-18(15,16)8-13-6(9)3-17-8/h3H,1-2H3,(H,10,11,12,14). The predicted molar refractivity (Wildman–Crippen MR) is 67.2 cm³/mol. The Balaban J connectivity index is 2.33. The van der Waals surface area contributed by atoms with Gasteiger partial charge in [0.1, 0.15) is 16.8 Å². The monoisotopic (exact) mass is 305 g/mol. The molecule has 10 heteroatoms. The summed E-state index contributed by atoms with van der Waals surface area (Å²) in [5.41, 5.74) is 0. The molecule has 0 aliphatic heterocycles. The second kappa shape index (κ2) is 4.75. The largest absolute Gasteiger partial charge is 0.291 e. The molecule has 0 saturated heterocycles. The smallest absolute Gasteiger partial charge is 0.245 e. The van der Waals surface area contributed by atoms with Crippen LogP contribution in [0.15, 0.2) is 9.72 Å². The highest BCUT2D eigenvalue weighted by Gasteiger charge is 2.20. The van der Waals surface area contributed by atoms with E-state index < -0.39 is 10.0 Å². The highest BCUT2D eigenvalue weighted by Crippen LogP contribution is 2.20. The van der Waals surface area contributed by atoms with Gasteiger partial charge in [-0.2, -0.15) is 18.4 Å². The number of rotatable bonds is 3. The van der Waals surface area contributed by atoms with Crippen LogP contribution in [0.3, 0.4) is 0 Å². The number of anilines is 1. The minimum Gasteiger partial charge on any atom is -0.245 e. The molecule has 0 saturated carbocycles. The van der Waals surface area contributed by atoms with Crippen molar-refractivity contribution in [1.82, 2.24) is 19.9 Å². The molecule has 0 atom stereocenters. The second-order valence-corrected chi connectivity index (χ2v) is 6.40. The third-order valence-corrected chi connectivity index (χ3v) is 4.68. The highest BCUT2D eigenvalue weighted by atomic mass is 35.5. The van der Waals surface area contributed by atoms with E-state index in [4.69, 9.17) is 11.6 Å². The summed E-state index contributed by atoms with van der Waals surface area (Å²) in [5.74, 6) is 0.820. The Labute approximate surface area is 112 Å². The van der Waals surface area contributed by atoms with Gasteiger partial charge in [-0.05, 0) is 13.8 Å². The minimum absolute atomic E-state index is 0.0358. The molecular formula is C8H8ClN5O2S2. The van der Waals surface area contributed by atoms with E-state index in [-0.39, 0.29) is 15.4 Å². The van der Waals surface area contributed by atoms with Crippen molar-refractivity contribution in [2.75, 3.05) is 4.72 Å². The molecule has 96 valence electrons. The zero-order valence-electron chi connectivity index (χ0n) is 9.38. The number of nitrogens with zero attached hydrogens (tertiary/aromatic N) is 4. The molecule has 0 radical (unpaired) electrons. The van der Waals surface area contributed by atoms with E-state index >= 15 is 0 Å². The predicted octanol–water partition coefficient (Wildman–Crippen LogP) is 1.40. The summed E-state index contributed by atoms with van der Waals surface area (Å²) in [7, 11) is -3.81. The minimum atomic E-state index is -3.81. The van der Waals surface area contributed by atoms with Crippen molar-refractivity contribution in [1.29, 1.82) is 0 Å². The van der Waals surface area contributed by atoms with Gasteiger partial charge in [0.05, 0.1) is 0 Å². The Morgan fingerprint density at radius 3 is 2.28 bits per heavy atom. The molecule has 2 aromatic rings. The van der Waals surface area contributed by atoms with Crippen LogP contribution >= 0.6 is 22.9 Å². The fourth-order valence-corrected chi connectivity index (χ4v) is 3.32. The normalized spacial score (nSPS) is 11.5. The maximum absolute atomic E-state index is 11.9. The Bertz CT molecular complexity index is 664. The van der Waals surface area contributed by atoms with Crippen molar-refractivity contribution in [2.24, 2.45) is 0 Å². The van der Waals surface area contributed by atoms with Gasteiger partial charge in [0.25, 0.3) is 10.0 Å². The molecule has 7 nitrogen and oxygen atoms in total. The fourth-order valence-electron chi connectivity index (χ4n) is 1.19. The molecule has 2 heterocycles. The first-order valence-electron chi connectivity index (χ1n) is 4.70. The van der Waals surface area contributed by atoms with Crippen molar-refractivity contribution in [3.8, 4) is 0 Å². The van der Waals surface area contributed by atoms with Gasteiger partial charge in [-0.3, -0.25) is 0 Å². The van der Waals surface area contributed by atoms with Crippen molar-refractivity contribution < 1.29 is 8.42 Å². The van der Waals surface area contributed by atoms with Gasteiger partial charge in [-0.15, -0.1) is 11.3 Å². The van der Waals surface area contributed by atoms with E-state index in [1.807, 2.05) is 0 Å². The van der Waals surface area contributed by atoms with Crippen molar-refractivity contribution in [3.63, 3.8) is 0 Å². The van der Waals surface area contributed by atoms with Gasteiger partial charge in [-0.25, -0.2) is 14.7 Å². The van der Waals surface area contributed by atoms with Crippen LogP contribution in [0.5, 0.6) is 0 Å². The molecule has 1 N–H and O–H groups in total. The molecule has 0 unspecified atom stereocenters. The maximum atomic E-state index is 11.9. The van der Waals surface area contributed by atoms with Crippen molar-refractivity contribution in [2.45, 2.75) is 18.2 Å². The number of hydrogen-bond donors (Lipinski definition) is 1. The zero-order chi connectivity index (χ0) is 13.3. The van der Waals surface area contributed by atoms with Crippen LogP contribution in [0.4, 0.5) is 5.95 Å². The first kappa shape index (κ1) is 13.1. The van der Waals surface area contributed by atoms with E-state index in [0.29, 0.717) is 11.6 Å². The van der Waals surface area contributed by atoms with Crippen LogP contribution in [-0.4, -0.2) is 28.4 Å². The summed E-state index contributed by atoms with van der Waals surface area (Å²) in [6.07, 6.45) is 0. The Kier molecular flexibility index (Phi) is 3.46. The van der Waals surface area contributed by atoms with Gasteiger partial charge in [0, 0.05) is 5.38 Å². The molecule has 18 heavy (non-hydrogen) atoms. The van der Waals surface area contributed by atoms with Gasteiger partial charge in [0.15, 0.2) is 0 Å². The number of halogens is 1. The van der Waals surface area contributed by atoms with Crippen LogP contribution < -0.4 is 4.72 Å². The van der Waals surface area contributed by atoms with Gasteiger partial charge < -0.3 is 0 Å². The third kappa shape index (κ3) is 2.92. The lowest BCUT2D eigenvalue weighted by molar-refractivity contribution is 0.600. The lowest BCUT2D eigenvalue weighted by Gasteiger charge is -2.04. The number of nitrogens with one attached hydrogen (secondary N) is 1.